The van der Waals surface area contributed by atoms with Crippen LogP contribution in [0.25, 0.3) is 0 Å². The predicted molar refractivity (Wildman–Crippen MR) is 86.2 cm³/mol. The van der Waals surface area contributed by atoms with Crippen LogP contribution < -0.4 is 5.32 Å². The summed E-state index contributed by atoms with van der Waals surface area (Å²) in [5, 5.41) is 3.14. The number of benzene rings is 1. The second-order valence-corrected chi connectivity index (χ2v) is 5.61. The molecule has 0 aliphatic carbocycles. The Morgan fingerprint density at radius 3 is 2.55 bits per heavy atom. The summed E-state index contributed by atoms with van der Waals surface area (Å²) in [5.41, 5.74) is 2.56. The van der Waals surface area contributed by atoms with Crippen LogP contribution in [-0.4, -0.2) is 33.9 Å². The van der Waals surface area contributed by atoms with E-state index < -0.39 is 0 Å². The van der Waals surface area contributed by atoms with Crippen molar-refractivity contribution in [2.45, 2.75) is 26.2 Å². The van der Waals surface area contributed by atoms with Crippen molar-refractivity contribution < 1.29 is 4.79 Å². The molecular weight excluding hydrogens is 276 g/mol. The normalized spacial score (nSPS) is 14.7. The first-order valence-corrected chi connectivity index (χ1v) is 7.68. The first-order chi connectivity index (χ1) is 10.7. The van der Waals surface area contributed by atoms with Gasteiger partial charge in [-0.2, -0.15) is 0 Å². The molecule has 1 aliphatic heterocycles. The number of piperidine rings is 1. The molecule has 0 radical (unpaired) electrons. The summed E-state index contributed by atoms with van der Waals surface area (Å²) < 4.78 is 0. The van der Waals surface area contributed by atoms with Crippen LogP contribution in [0.3, 0.4) is 0 Å². The zero-order valence-corrected chi connectivity index (χ0v) is 12.7. The first-order valence-electron chi connectivity index (χ1n) is 7.68. The Morgan fingerprint density at radius 2 is 1.82 bits per heavy atom. The smallest absolute Gasteiger partial charge is 0.272 e. The van der Waals surface area contributed by atoms with E-state index in [0.717, 1.165) is 31.6 Å². The lowest BCUT2D eigenvalue weighted by molar-refractivity contribution is 0.0718. The van der Waals surface area contributed by atoms with E-state index in [-0.39, 0.29) is 5.91 Å². The highest BCUT2D eigenvalue weighted by Crippen LogP contribution is 2.15. The number of rotatable bonds is 3. The Labute approximate surface area is 130 Å². The number of amides is 1. The van der Waals surface area contributed by atoms with Crippen molar-refractivity contribution in [3.63, 3.8) is 0 Å². The summed E-state index contributed by atoms with van der Waals surface area (Å²) in [6.07, 6.45) is 4.98. The largest absolute Gasteiger partial charge is 0.337 e. The maximum absolute atomic E-state index is 12.5. The van der Waals surface area contributed by atoms with E-state index in [1.54, 1.807) is 12.3 Å². The molecule has 1 aromatic carbocycles. The van der Waals surface area contributed by atoms with Gasteiger partial charge in [0.1, 0.15) is 5.69 Å². The highest BCUT2D eigenvalue weighted by atomic mass is 16.2. The molecule has 0 atom stereocenters. The van der Waals surface area contributed by atoms with E-state index in [1.165, 1.54) is 12.0 Å². The molecule has 22 heavy (non-hydrogen) atoms. The minimum absolute atomic E-state index is 0.00550. The van der Waals surface area contributed by atoms with Gasteiger partial charge in [-0.25, -0.2) is 9.97 Å². The molecule has 0 bridgehead atoms. The van der Waals surface area contributed by atoms with E-state index in [0.29, 0.717) is 11.6 Å². The molecule has 3 rings (SSSR count). The Balaban J connectivity index is 1.74. The summed E-state index contributed by atoms with van der Waals surface area (Å²) in [5.74, 6) is 0.445. The molecule has 1 amide bonds. The molecule has 1 fully saturated rings. The van der Waals surface area contributed by atoms with Gasteiger partial charge in [-0.3, -0.25) is 4.79 Å². The zero-order valence-electron chi connectivity index (χ0n) is 12.7. The maximum atomic E-state index is 12.5. The van der Waals surface area contributed by atoms with Crippen LogP contribution in [-0.2, 0) is 0 Å². The van der Waals surface area contributed by atoms with Gasteiger partial charge in [-0.05, 0) is 44.4 Å². The number of likely N-dealkylation sites (tertiary alicyclic amines) is 1. The Kier molecular flexibility index (Phi) is 4.32. The second kappa shape index (κ2) is 6.56. The van der Waals surface area contributed by atoms with Gasteiger partial charge in [-0.1, -0.05) is 17.7 Å². The average Bonchev–Trinajstić information content (AvgIpc) is 2.57. The number of hydrogen-bond acceptors (Lipinski definition) is 4. The molecule has 0 saturated carbocycles. The molecule has 0 unspecified atom stereocenters. The van der Waals surface area contributed by atoms with Crippen molar-refractivity contribution in [1.82, 2.24) is 14.9 Å². The Morgan fingerprint density at radius 1 is 1.09 bits per heavy atom. The van der Waals surface area contributed by atoms with Crippen LogP contribution in [0.5, 0.6) is 0 Å². The number of anilines is 2. The molecule has 2 aromatic rings. The topological polar surface area (TPSA) is 58.1 Å². The fourth-order valence-corrected chi connectivity index (χ4v) is 2.56. The number of nitrogens with zero attached hydrogens (tertiary/aromatic N) is 3. The van der Waals surface area contributed by atoms with Crippen LogP contribution in [0.2, 0.25) is 0 Å². The van der Waals surface area contributed by atoms with Gasteiger partial charge >= 0.3 is 0 Å². The molecule has 5 nitrogen and oxygen atoms in total. The van der Waals surface area contributed by atoms with E-state index in [4.69, 9.17) is 0 Å². The summed E-state index contributed by atoms with van der Waals surface area (Å²) in [6.45, 7) is 3.69. The van der Waals surface area contributed by atoms with Crippen LogP contribution in [0.1, 0.15) is 35.3 Å². The van der Waals surface area contributed by atoms with Gasteiger partial charge in [0.25, 0.3) is 5.91 Å². The number of carbonyl (C=O) groups is 1. The Bertz CT molecular complexity index is 648. The van der Waals surface area contributed by atoms with Crippen LogP contribution in [0.15, 0.2) is 36.5 Å². The van der Waals surface area contributed by atoms with Gasteiger partial charge in [0, 0.05) is 25.0 Å². The summed E-state index contributed by atoms with van der Waals surface area (Å²) in [6, 6.07) is 9.66. The third kappa shape index (κ3) is 3.42. The SMILES string of the molecule is Cc1ccc(Nc2nccc(C(=O)N3CCCCC3)n2)cc1. The summed E-state index contributed by atoms with van der Waals surface area (Å²) in [7, 11) is 0. The summed E-state index contributed by atoms with van der Waals surface area (Å²) >= 11 is 0. The molecule has 1 N–H and O–H groups in total. The van der Waals surface area contributed by atoms with Crippen molar-refractivity contribution in [2.24, 2.45) is 0 Å². The molecule has 5 heteroatoms. The van der Waals surface area contributed by atoms with Gasteiger partial charge in [0.15, 0.2) is 0 Å². The lowest BCUT2D eigenvalue weighted by atomic mass is 10.1. The van der Waals surface area contributed by atoms with Crippen LogP contribution in [0, 0.1) is 6.92 Å². The first kappa shape index (κ1) is 14.5. The fourth-order valence-electron chi connectivity index (χ4n) is 2.56. The van der Waals surface area contributed by atoms with Gasteiger partial charge in [0.2, 0.25) is 5.95 Å². The Hall–Kier alpha value is -2.43. The fraction of sp³-hybridized carbons (Fsp3) is 0.353. The van der Waals surface area contributed by atoms with Crippen molar-refractivity contribution in [2.75, 3.05) is 18.4 Å². The zero-order chi connectivity index (χ0) is 15.4. The van der Waals surface area contributed by atoms with E-state index in [2.05, 4.69) is 15.3 Å². The number of carbonyl (C=O) groups excluding carboxylic acids is 1. The minimum Gasteiger partial charge on any atom is -0.337 e. The number of aryl methyl sites for hydroxylation is 1. The molecule has 1 aliphatic rings. The molecule has 0 spiro atoms. The van der Waals surface area contributed by atoms with Crippen molar-refractivity contribution in [1.29, 1.82) is 0 Å². The average molecular weight is 296 g/mol. The predicted octanol–water partition coefficient (Wildman–Crippen LogP) is 3.15. The standard InChI is InChI=1S/C17H20N4O/c1-13-5-7-14(8-6-13)19-17-18-10-9-15(20-17)16(22)21-11-3-2-4-12-21/h5-10H,2-4,11-12H2,1H3,(H,18,19,20). The van der Waals surface area contributed by atoms with Gasteiger partial charge in [-0.15, -0.1) is 0 Å². The molecular formula is C17H20N4O. The minimum atomic E-state index is -0.00550. The quantitative estimate of drug-likeness (QED) is 0.945. The van der Waals surface area contributed by atoms with Crippen molar-refractivity contribution in [3.8, 4) is 0 Å². The number of aromatic nitrogens is 2. The van der Waals surface area contributed by atoms with Crippen LogP contribution in [0.4, 0.5) is 11.6 Å². The van der Waals surface area contributed by atoms with Crippen LogP contribution >= 0.6 is 0 Å². The number of nitrogens with one attached hydrogen (secondary N) is 1. The lowest BCUT2D eigenvalue weighted by Crippen LogP contribution is -2.36. The van der Waals surface area contributed by atoms with E-state index in [9.17, 15) is 4.79 Å². The van der Waals surface area contributed by atoms with Crippen molar-refractivity contribution in [3.05, 3.63) is 47.8 Å². The highest BCUT2D eigenvalue weighted by molar-refractivity contribution is 5.92. The van der Waals surface area contributed by atoms with Gasteiger partial charge < -0.3 is 10.2 Å². The monoisotopic (exact) mass is 296 g/mol. The molecule has 2 heterocycles. The third-order valence-corrected chi connectivity index (χ3v) is 3.83. The lowest BCUT2D eigenvalue weighted by Gasteiger charge is -2.26. The second-order valence-electron chi connectivity index (χ2n) is 5.61. The maximum Gasteiger partial charge on any atom is 0.272 e. The number of hydrogen-bond donors (Lipinski definition) is 1. The third-order valence-electron chi connectivity index (χ3n) is 3.83. The molecule has 1 aromatic heterocycles. The molecule has 114 valence electrons. The van der Waals surface area contributed by atoms with E-state index >= 15 is 0 Å². The summed E-state index contributed by atoms with van der Waals surface area (Å²) in [4.78, 5) is 22.9. The van der Waals surface area contributed by atoms with E-state index in [1.807, 2.05) is 36.1 Å². The highest BCUT2D eigenvalue weighted by Gasteiger charge is 2.19. The van der Waals surface area contributed by atoms with Gasteiger partial charge in [0.05, 0.1) is 0 Å². The van der Waals surface area contributed by atoms with Crippen molar-refractivity contribution >= 4 is 17.5 Å². The molecule has 1 saturated heterocycles.